The molecule has 94 valence electrons. The first-order chi connectivity index (χ1) is 8.70. The fourth-order valence-electron chi connectivity index (χ4n) is 1.64. The lowest BCUT2D eigenvalue weighted by molar-refractivity contribution is 0.781. The number of aromatic nitrogens is 2. The fourth-order valence-corrected chi connectivity index (χ4v) is 2.04. The van der Waals surface area contributed by atoms with E-state index in [0.717, 1.165) is 16.6 Å². The van der Waals surface area contributed by atoms with Gasteiger partial charge in [-0.15, -0.1) is 0 Å². The first kappa shape index (κ1) is 13.0. The molecule has 2 aromatic rings. The molecule has 0 saturated heterocycles. The second kappa shape index (κ2) is 5.93. The van der Waals surface area contributed by atoms with E-state index in [2.05, 4.69) is 31.2 Å². The maximum atomic E-state index is 11.9. The van der Waals surface area contributed by atoms with Gasteiger partial charge in [0.2, 0.25) is 0 Å². The largest absolute Gasteiger partial charge is 0.319 e. The molecule has 0 aliphatic heterocycles. The predicted octanol–water partition coefficient (Wildman–Crippen LogP) is 1.96. The Bertz CT molecular complexity index is 595. The molecule has 0 atom stereocenters. The topological polar surface area (TPSA) is 57.8 Å². The van der Waals surface area contributed by atoms with Crippen molar-refractivity contribution in [3.8, 4) is 11.4 Å². The number of likely N-dealkylation sites (N-methyl/N-ethyl adjacent to an activating group) is 1. The third kappa shape index (κ3) is 3.05. The Morgan fingerprint density at radius 3 is 2.94 bits per heavy atom. The Balaban J connectivity index is 2.31. The SMILES string of the molecule is CNCCc1cnc(-c2cccc(Br)c2)[nH]c1=O. The Labute approximate surface area is 114 Å². The van der Waals surface area contributed by atoms with Crippen LogP contribution in [0.4, 0.5) is 0 Å². The van der Waals surface area contributed by atoms with Crippen molar-refractivity contribution < 1.29 is 0 Å². The number of nitrogens with zero attached hydrogens (tertiary/aromatic N) is 1. The highest BCUT2D eigenvalue weighted by Crippen LogP contribution is 2.18. The molecule has 5 heteroatoms. The highest BCUT2D eigenvalue weighted by molar-refractivity contribution is 9.10. The van der Waals surface area contributed by atoms with Gasteiger partial charge in [0.15, 0.2) is 0 Å². The highest BCUT2D eigenvalue weighted by atomic mass is 79.9. The molecule has 1 aromatic carbocycles. The lowest BCUT2D eigenvalue weighted by Crippen LogP contribution is -2.19. The number of nitrogens with one attached hydrogen (secondary N) is 2. The number of aromatic amines is 1. The van der Waals surface area contributed by atoms with Gasteiger partial charge in [0.1, 0.15) is 5.82 Å². The van der Waals surface area contributed by atoms with Crippen LogP contribution in [-0.2, 0) is 6.42 Å². The normalized spacial score (nSPS) is 10.6. The molecule has 0 amide bonds. The Morgan fingerprint density at radius 2 is 2.28 bits per heavy atom. The van der Waals surface area contributed by atoms with Gasteiger partial charge in [0.25, 0.3) is 5.56 Å². The summed E-state index contributed by atoms with van der Waals surface area (Å²) in [6, 6.07) is 7.68. The molecule has 0 saturated carbocycles. The van der Waals surface area contributed by atoms with E-state index in [0.29, 0.717) is 17.8 Å². The average molecular weight is 308 g/mol. The minimum Gasteiger partial charge on any atom is -0.319 e. The quantitative estimate of drug-likeness (QED) is 0.908. The highest BCUT2D eigenvalue weighted by Gasteiger charge is 2.04. The summed E-state index contributed by atoms with van der Waals surface area (Å²) in [5.41, 5.74) is 1.51. The van der Waals surface area contributed by atoms with Crippen molar-refractivity contribution in [3.63, 3.8) is 0 Å². The molecule has 18 heavy (non-hydrogen) atoms. The van der Waals surface area contributed by atoms with E-state index < -0.39 is 0 Å². The minimum absolute atomic E-state index is 0.0739. The molecular weight excluding hydrogens is 294 g/mol. The number of halogens is 1. The van der Waals surface area contributed by atoms with Gasteiger partial charge in [-0.1, -0.05) is 28.1 Å². The van der Waals surface area contributed by atoms with Crippen LogP contribution in [0.3, 0.4) is 0 Å². The summed E-state index contributed by atoms with van der Waals surface area (Å²) >= 11 is 3.40. The van der Waals surface area contributed by atoms with Gasteiger partial charge in [0, 0.05) is 21.8 Å². The van der Waals surface area contributed by atoms with E-state index in [1.54, 1.807) is 6.20 Å². The zero-order chi connectivity index (χ0) is 13.0. The molecule has 0 radical (unpaired) electrons. The third-order valence-corrected chi connectivity index (χ3v) is 3.11. The van der Waals surface area contributed by atoms with Crippen LogP contribution in [-0.4, -0.2) is 23.6 Å². The van der Waals surface area contributed by atoms with Gasteiger partial charge in [-0.05, 0) is 32.1 Å². The molecule has 0 bridgehead atoms. The zero-order valence-corrected chi connectivity index (χ0v) is 11.6. The molecule has 1 aromatic heterocycles. The number of hydrogen-bond donors (Lipinski definition) is 2. The smallest absolute Gasteiger partial charge is 0.254 e. The monoisotopic (exact) mass is 307 g/mol. The van der Waals surface area contributed by atoms with E-state index in [4.69, 9.17) is 0 Å². The number of H-pyrrole nitrogens is 1. The maximum Gasteiger partial charge on any atom is 0.254 e. The zero-order valence-electron chi connectivity index (χ0n) is 10.0. The van der Waals surface area contributed by atoms with Crippen molar-refractivity contribution in [2.75, 3.05) is 13.6 Å². The Kier molecular flexibility index (Phi) is 4.28. The van der Waals surface area contributed by atoms with Crippen LogP contribution in [0.15, 0.2) is 39.7 Å². The van der Waals surface area contributed by atoms with E-state index in [1.165, 1.54) is 0 Å². The summed E-state index contributed by atoms with van der Waals surface area (Å²) in [5, 5.41) is 3.01. The molecule has 2 rings (SSSR count). The van der Waals surface area contributed by atoms with Gasteiger partial charge in [-0.2, -0.15) is 0 Å². The van der Waals surface area contributed by atoms with Crippen LogP contribution in [0, 0.1) is 0 Å². The maximum absolute atomic E-state index is 11.9. The van der Waals surface area contributed by atoms with Crippen LogP contribution < -0.4 is 10.9 Å². The summed E-state index contributed by atoms with van der Waals surface area (Å²) in [6.45, 7) is 0.765. The fraction of sp³-hybridized carbons (Fsp3) is 0.231. The number of rotatable bonds is 4. The summed E-state index contributed by atoms with van der Waals surface area (Å²) in [5.74, 6) is 0.592. The first-order valence-corrected chi connectivity index (χ1v) is 6.49. The lowest BCUT2D eigenvalue weighted by atomic mass is 10.2. The Morgan fingerprint density at radius 1 is 1.44 bits per heavy atom. The van der Waals surface area contributed by atoms with Crippen LogP contribution in [0.2, 0.25) is 0 Å². The molecule has 0 spiro atoms. The molecule has 0 unspecified atom stereocenters. The van der Waals surface area contributed by atoms with Crippen LogP contribution in [0.1, 0.15) is 5.56 Å². The summed E-state index contributed by atoms with van der Waals surface area (Å²) in [4.78, 5) is 19.0. The first-order valence-electron chi connectivity index (χ1n) is 5.69. The third-order valence-electron chi connectivity index (χ3n) is 2.62. The van der Waals surface area contributed by atoms with Gasteiger partial charge < -0.3 is 10.3 Å². The second-order valence-corrected chi connectivity index (χ2v) is 4.87. The van der Waals surface area contributed by atoms with E-state index >= 15 is 0 Å². The molecule has 0 aliphatic carbocycles. The average Bonchev–Trinajstić information content (AvgIpc) is 2.37. The number of benzene rings is 1. The summed E-state index contributed by atoms with van der Waals surface area (Å²) < 4.78 is 0.960. The second-order valence-electron chi connectivity index (χ2n) is 3.95. The van der Waals surface area contributed by atoms with Crippen LogP contribution in [0.25, 0.3) is 11.4 Å². The summed E-state index contributed by atoms with van der Waals surface area (Å²) in [6.07, 6.45) is 2.32. The van der Waals surface area contributed by atoms with Gasteiger partial charge in [-0.3, -0.25) is 4.79 Å². The van der Waals surface area contributed by atoms with Gasteiger partial charge in [-0.25, -0.2) is 4.98 Å². The number of hydrogen-bond acceptors (Lipinski definition) is 3. The predicted molar refractivity (Wildman–Crippen MR) is 75.6 cm³/mol. The van der Waals surface area contributed by atoms with Crippen molar-refractivity contribution in [1.82, 2.24) is 15.3 Å². The van der Waals surface area contributed by atoms with E-state index in [1.807, 2.05) is 31.3 Å². The standard InChI is InChI=1S/C13H14BrN3O/c1-15-6-5-10-8-16-12(17-13(10)18)9-3-2-4-11(14)7-9/h2-4,7-8,15H,5-6H2,1H3,(H,16,17,18). The lowest BCUT2D eigenvalue weighted by Gasteiger charge is -2.03. The molecule has 0 fully saturated rings. The van der Waals surface area contributed by atoms with Crippen molar-refractivity contribution in [3.05, 3.63) is 50.9 Å². The van der Waals surface area contributed by atoms with E-state index in [9.17, 15) is 4.79 Å². The molecule has 4 nitrogen and oxygen atoms in total. The molecule has 1 heterocycles. The molecular formula is C13H14BrN3O. The Hall–Kier alpha value is -1.46. The van der Waals surface area contributed by atoms with Crippen LogP contribution in [0.5, 0.6) is 0 Å². The van der Waals surface area contributed by atoms with E-state index in [-0.39, 0.29) is 5.56 Å². The summed E-state index contributed by atoms with van der Waals surface area (Å²) in [7, 11) is 1.86. The van der Waals surface area contributed by atoms with Gasteiger partial charge >= 0.3 is 0 Å². The van der Waals surface area contributed by atoms with Crippen molar-refractivity contribution >= 4 is 15.9 Å². The molecule has 0 aliphatic rings. The molecule has 2 N–H and O–H groups in total. The van der Waals surface area contributed by atoms with Gasteiger partial charge in [0.05, 0.1) is 0 Å². The van der Waals surface area contributed by atoms with Crippen molar-refractivity contribution in [2.45, 2.75) is 6.42 Å². The van der Waals surface area contributed by atoms with Crippen LogP contribution >= 0.6 is 15.9 Å². The van der Waals surface area contributed by atoms with Crippen molar-refractivity contribution in [2.24, 2.45) is 0 Å². The minimum atomic E-state index is -0.0739. The van der Waals surface area contributed by atoms with Crippen molar-refractivity contribution in [1.29, 1.82) is 0 Å².